The highest BCUT2D eigenvalue weighted by molar-refractivity contribution is 9.10. The summed E-state index contributed by atoms with van der Waals surface area (Å²) in [7, 11) is 0. The number of anilines is 1. The summed E-state index contributed by atoms with van der Waals surface area (Å²) < 4.78 is 0.855. The van der Waals surface area contributed by atoms with Crippen LogP contribution < -0.4 is 5.32 Å². The minimum absolute atomic E-state index is 0.604. The number of aromatic amines is 1. The van der Waals surface area contributed by atoms with Crippen LogP contribution >= 0.6 is 39.1 Å². The molecule has 0 amide bonds. The molecule has 0 bridgehead atoms. The van der Waals surface area contributed by atoms with Crippen molar-refractivity contribution in [2.75, 3.05) is 5.32 Å². The summed E-state index contributed by atoms with van der Waals surface area (Å²) in [4.78, 5) is 3.33. The molecule has 0 aliphatic heterocycles. The van der Waals surface area contributed by atoms with E-state index in [4.69, 9.17) is 23.2 Å². The number of hydrogen-bond donors (Lipinski definition) is 2. The third kappa shape index (κ3) is 2.53. The van der Waals surface area contributed by atoms with E-state index in [1.807, 2.05) is 42.5 Å². The Morgan fingerprint density at radius 3 is 2.65 bits per heavy atom. The van der Waals surface area contributed by atoms with Gasteiger partial charge in [0.05, 0.1) is 32.4 Å². The Kier molecular flexibility index (Phi) is 3.92. The lowest BCUT2D eigenvalue weighted by Gasteiger charge is -2.08. The average Bonchev–Trinajstić information content (AvgIpc) is 2.78. The zero-order chi connectivity index (χ0) is 14.1. The Morgan fingerprint density at radius 2 is 1.85 bits per heavy atom. The molecule has 5 heteroatoms. The highest BCUT2D eigenvalue weighted by Gasteiger charge is 2.09. The minimum Gasteiger partial charge on any atom is -0.378 e. The van der Waals surface area contributed by atoms with Crippen LogP contribution in [0, 0.1) is 0 Å². The van der Waals surface area contributed by atoms with Crippen LogP contribution in [0.5, 0.6) is 0 Å². The first kappa shape index (κ1) is 13.8. The van der Waals surface area contributed by atoms with Crippen LogP contribution in [-0.2, 0) is 6.54 Å². The number of hydrogen-bond acceptors (Lipinski definition) is 1. The van der Waals surface area contributed by atoms with Crippen molar-refractivity contribution < 1.29 is 0 Å². The van der Waals surface area contributed by atoms with Crippen molar-refractivity contribution in [1.82, 2.24) is 4.98 Å². The fourth-order valence-electron chi connectivity index (χ4n) is 2.11. The highest BCUT2D eigenvalue weighted by atomic mass is 79.9. The quantitative estimate of drug-likeness (QED) is 0.595. The molecule has 2 nitrogen and oxygen atoms in total. The minimum atomic E-state index is 0.604. The molecule has 0 spiro atoms. The first-order valence-corrected chi connectivity index (χ1v) is 7.64. The van der Waals surface area contributed by atoms with E-state index in [2.05, 4.69) is 26.2 Å². The van der Waals surface area contributed by atoms with Gasteiger partial charge in [-0.1, -0.05) is 47.5 Å². The third-order valence-corrected chi connectivity index (χ3v) is 4.95. The summed E-state index contributed by atoms with van der Waals surface area (Å²) in [5, 5.41) is 5.80. The summed E-state index contributed by atoms with van der Waals surface area (Å²) in [5.74, 6) is 0. The zero-order valence-corrected chi connectivity index (χ0v) is 13.5. The van der Waals surface area contributed by atoms with Crippen LogP contribution in [0.25, 0.3) is 10.9 Å². The van der Waals surface area contributed by atoms with Crippen molar-refractivity contribution in [2.45, 2.75) is 6.54 Å². The zero-order valence-electron chi connectivity index (χ0n) is 10.4. The van der Waals surface area contributed by atoms with Gasteiger partial charge in [0, 0.05) is 10.9 Å². The molecule has 2 N–H and O–H groups in total. The van der Waals surface area contributed by atoms with Crippen molar-refractivity contribution >= 4 is 55.7 Å². The molecule has 0 unspecified atom stereocenters. The van der Waals surface area contributed by atoms with Crippen molar-refractivity contribution in [2.24, 2.45) is 0 Å². The van der Waals surface area contributed by atoms with Gasteiger partial charge in [0.25, 0.3) is 0 Å². The molecule has 1 aromatic heterocycles. The molecular formula is C15H11BrCl2N2. The summed E-state index contributed by atoms with van der Waals surface area (Å²) >= 11 is 15.9. The molecule has 3 aromatic rings. The van der Waals surface area contributed by atoms with Gasteiger partial charge in [-0.25, -0.2) is 0 Å². The van der Waals surface area contributed by atoms with Crippen molar-refractivity contribution in [3.8, 4) is 0 Å². The molecule has 20 heavy (non-hydrogen) atoms. The van der Waals surface area contributed by atoms with E-state index in [0.717, 1.165) is 31.8 Å². The number of benzene rings is 2. The molecule has 0 fully saturated rings. The van der Waals surface area contributed by atoms with Gasteiger partial charge in [0.2, 0.25) is 0 Å². The maximum Gasteiger partial charge on any atom is 0.0710 e. The maximum absolute atomic E-state index is 6.39. The Balaban J connectivity index is 1.87. The number of rotatable bonds is 3. The lowest BCUT2D eigenvalue weighted by Crippen LogP contribution is -2.00. The van der Waals surface area contributed by atoms with Crippen LogP contribution in [0.4, 0.5) is 5.69 Å². The normalized spacial score (nSPS) is 10.9. The molecule has 0 aliphatic rings. The van der Waals surface area contributed by atoms with Crippen LogP contribution in [0.15, 0.2) is 46.9 Å². The third-order valence-electron chi connectivity index (χ3n) is 3.12. The number of nitrogens with one attached hydrogen (secondary N) is 2. The van der Waals surface area contributed by atoms with Crippen molar-refractivity contribution in [3.05, 3.63) is 62.7 Å². The molecule has 0 aliphatic carbocycles. The molecule has 1 heterocycles. The standard InChI is InChI=1S/C15H11BrCl2N2/c16-14-10(17)5-3-7-12(14)19-8-13-15(18)9-4-1-2-6-11(9)20-13/h1-7,19-20H,8H2. The monoisotopic (exact) mass is 368 g/mol. The van der Waals surface area contributed by atoms with Gasteiger partial charge in [0.1, 0.15) is 0 Å². The smallest absolute Gasteiger partial charge is 0.0710 e. The summed E-state index contributed by atoms with van der Waals surface area (Å²) in [6.45, 7) is 0.604. The van der Waals surface area contributed by atoms with E-state index in [0.29, 0.717) is 11.6 Å². The maximum atomic E-state index is 6.39. The fraction of sp³-hybridized carbons (Fsp3) is 0.0667. The van der Waals surface area contributed by atoms with Gasteiger partial charge >= 0.3 is 0 Å². The highest BCUT2D eigenvalue weighted by Crippen LogP contribution is 2.32. The fourth-order valence-corrected chi connectivity index (χ4v) is 2.97. The number of H-pyrrole nitrogens is 1. The molecular weight excluding hydrogens is 359 g/mol. The van der Waals surface area contributed by atoms with Crippen LogP contribution in [0.1, 0.15) is 5.69 Å². The average molecular weight is 370 g/mol. The lowest BCUT2D eigenvalue weighted by atomic mass is 10.2. The van der Waals surface area contributed by atoms with Gasteiger partial charge in [-0.3, -0.25) is 0 Å². The second kappa shape index (κ2) is 5.68. The first-order chi connectivity index (χ1) is 9.66. The number of fused-ring (bicyclic) bond motifs is 1. The summed E-state index contributed by atoms with van der Waals surface area (Å²) in [5.41, 5.74) is 2.94. The Morgan fingerprint density at radius 1 is 1.05 bits per heavy atom. The number of halogens is 3. The lowest BCUT2D eigenvalue weighted by molar-refractivity contribution is 1.08. The number of aromatic nitrogens is 1. The van der Waals surface area contributed by atoms with Gasteiger partial charge in [-0.15, -0.1) is 0 Å². The van der Waals surface area contributed by atoms with Crippen molar-refractivity contribution in [1.29, 1.82) is 0 Å². The van der Waals surface area contributed by atoms with Crippen LogP contribution in [0.3, 0.4) is 0 Å². The van der Waals surface area contributed by atoms with E-state index < -0.39 is 0 Å². The molecule has 0 saturated heterocycles. The molecule has 3 rings (SSSR count). The van der Waals surface area contributed by atoms with Crippen LogP contribution in [-0.4, -0.2) is 4.98 Å². The van der Waals surface area contributed by atoms with E-state index in [-0.39, 0.29) is 0 Å². The molecule has 0 radical (unpaired) electrons. The predicted molar refractivity (Wildman–Crippen MR) is 89.8 cm³/mol. The van der Waals surface area contributed by atoms with E-state index in [9.17, 15) is 0 Å². The van der Waals surface area contributed by atoms with E-state index >= 15 is 0 Å². The summed E-state index contributed by atoms with van der Waals surface area (Å²) in [6, 6.07) is 13.7. The first-order valence-electron chi connectivity index (χ1n) is 6.10. The van der Waals surface area contributed by atoms with E-state index in [1.165, 1.54) is 0 Å². The van der Waals surface area contributed by atoms with E-state index in [1.54, 1.807) is 0 Å². The second-order valence-electron chi connectivity index (χ2n) is 4.42. The van der Waals surface area contributed by atoms with Gasteiger partial charge in [0.15, 0.2) is 0 Å². The van der Waals surface area contributed by atoms with Gasteiger partial charge < -0.3 is 10.3 Å². The topological polar surface area (TPSA) is 27.8 Å². The van der Waals surface area contributed by atoms with Crippen LogP contribution in [0.2, 0.25) is 10.0 Å². The number of para-hydroxylation sites is 1. The van der Waals surface area contributed by atoms with Gasteiger partial charge in [-0.2, -0.15) is 0 Å². The predicted octanol–water partition coefficient (Wildman–Crippen LogP) is 5.85. The molecule has 0 saturated carbocycles. The molecule has 0 atom stereocenters. The second-order valence-corrected chi connectivity index (χ2v) is 6.00. The molecule has 102 valence electrons. The Bertz CT molecular complexity index is 768. The largest absolute Gasteiger partial charge is 0.378 e. The Hall–Kier alpha value is -1.16. The SMILES string of the molecule is Clc1cccc(NCc2[nH]c3ccccc3c2Cl)c1Br. The van der Waals surface area contributed by atoms with Crippen molar-refractivity contribution in [3.63, 3.8) is 0 Å². The Labute approximate surface area is 135 Å². The van der Waals surface area contributed by atoms with Gasteiger partial charge in [-0.05, 0) is 34.1 Å². The summed E-state index contributed by atoms with van der Waals surface area (Å²) in [6.07, 6.45) is 0. The molecule has 2 aromatic carbocycles.